The Kier molecular flexibility index (Phi) is 3.65. The molecule has 1 saturated heterocycles. The summed E-state index contributed by atoms with van der Waals surface area (Å²) in [5.74, 6) is -1.08. The van der Waals surface area contributed by atoms with E-state index < -0.39 is 67.1 Å². The molecule has 118 valence electrons. The molecule has 14 heteroatoms. The topological polar surface area (TPSA) is 183 Å². The maximum atomic E-state index is 12.5. The van der Waals surface area contributed by atoms with Crippen molar-refractivity contribution in [2.45, 2.75) is 24.4 Å². The van der Waals surface area contributed by atoms with Crippen molar-refractivity contribution >= 4 is 13.6 Å². The van der Waals surface area contributed by atoms with E-state index in [4.69, 9.17) is 16.7 Å². The quantitative estimate of drug-likeness (QED) is 0.316. The van der Waals surface area contributed by atoms with Crippen LogP contribution in [0.25, 0.3) is 0 Å². The van der Waals surface area contributed by atoms with Gasteiger partial charge in [0.15, 0.2) is 9.03 Å². The molecule has 0 amide bonds. The van der Waals surface area contributed by atoms with E-state index in [1.165, 1.54) is 0 Å². The van der Waals surface area contributed by atoms with Gasteiger partial charge in [-0.15, -0.1) is 0 Å². The Balaban J connectivity index is 0.00000578. The number of hydrogen-bond donors (Lipinski definition) is 3. The average Bonchev–Trinajstić information content (AvgIpc) is 2.80. The molecule has 23 heavy (non-hydrogen) atoms. The second kappa shape index (κ2) is 8.81. The summed E-state index contributed by atoms with van der Waals surface area (Å²) in [5, 5.41) is 7.75. The second-order valence-corrected chi connectivity index (χ2v) is 4.40. The predicted molar refractivity (Wildman–Crippen MR) is 62.4 cm³/mol. The van der Waals surface area contributed by atoms with Crippen LogP contribution in [0.5, 0.6) is 0 Å². The number of anilines is 1. The summed E-state index contributed by atoms with van der Waals surface area (Å²) in [6, 6.07) is -1.24. The monoisotopic (exact) mass is 347 g/mol. The van der Waals surface area contributed by atoms with Crippen LogP contribution in [0.4, 0.5) is 5.82 Å². The van der Waals surface area contributed by atoms with Gasteiger partial charge in [0, 0.05) is 6.17 Å². The van der Waals surface area contributed by atoms with E-state index in [1.807, 2.05) is 0 Å². The van der Waals surface area contributed by atoms with Crippen LogP contribution in [0.15, 0.2) is 17.0 Å². The number of rotatable bonds is 7. The third-order valence-electron chi connectivity index (χ3n) is 1.93. The molecule has 1 aromatic heterocycles. The Morgan fingerprint density at radius 1 is 1.65 bits per heavy atom. The first-order valence-electron chi connectivity index (χ1n) is 10.5. The molecule has 0 radical (unpaired) electrons. The summed E-state index contributed by atoms with van der Waals surface area (Å²) in [7, 11) is -6.34. The number of ether oxygens (including phenoxy) is 1. The minimum atomic E-state index is -6.34. The van der Waals surface area contributed by atoms with E-state index in [0.29, 0.717) is 0 Å². The van der Waals surface area contributed by atoms with E-state index in [1.54, 1.807) is 0 Å². The van der Waals surface area contributed by atoms with Crippen molar-refractivity contribution in [2.75, 3.05) is 12.3 Å². The van der Waals surface area contributed by atoms with Crippen LogP contribution in [-0.2, 0) is 13.8 Å². The molecule has 0 aromatic carbocycles. The molecule has 1 aromatic rings. The third-order valence-corrected chi connectivity index (χ3v) is 2.25. The summed E-state index contributed by atoms with van der Waals surface area (Å²) >= 11 is 0. The summed E-state index contributed by atoms with van der Waals surface area (Å²) < 4.78 is 111. The zero-order valence-corrected chi connectivity index (χ0v) is 12.4. The van der Waals surface area contributed by atoms with Gasteiger partial charge in [0.1, 0.15) is 24.1 Å². The van der Waals surface area contributed by atoms with Crippen LogP contribution in [-0.4, -0.2) is 47.4 Å². The Labute approximate surface area is 171 Å². The molecule has 4 N–H and O–H groups in total. The normalized spacial score (nSPS) is 47.7. The van der Waals surface area contributed by atoms with Gasteiger partial charge < -0.3 is 39.5 Å². The number of phosphoric ester groups is 1. The van der Waals surface area contributed by atoms with Gasteiger partial charge in [-0.3, -0.25) is 4.57 Å². The Morgan fingerprint density at radius 2 is 2.35 bits per heavy atom. The van der Waals surface area contributed by atoms with Gasteiger partial charge in [0.05, 0.1) is 25.3 Å². The number of nitrogens with zero attached hydrogens (tertiary/aromatic N) is 2. The molecule has 4 atom stereocenters. The summed E-state index contributed by atoms with van der Waals surface area (Å²) in [6.45, 7) is -4.34. The van der Waals surface area contributed by atoms with Crippen LogP contribution < -0.4 is 58.9 Å². The molecule has 2 rings (SSSR count). The Morgan fingerprint density at radius 3 is 2.91 bits per heavy atom. The van der Waals surface area contributed by atoms with Crippen LogP contribution in [0.2, 0.25) is 2.82 Å². The van der Waals surface area contributed by atoms with Gasteiger partial charge in [-0.1, -0.05) is 0 Å². The van der Waals surface area contributed by atoms with E-state index in [-0.39, 0.29) is 43.4 Å². The van der Waals surface area contributed by atoms with Gasteiger partial charge in [0.2, 0.25) is 2.86 Å². The minimum Gasteiger partial charge on any atom is -0.790 e. The van der Waals surface area contributed by atoms with Crippen LogP contribution in [0, 0.1) is 0 Å². The van der Waals surface area contributed by atoms with Gasteiger partial charge in [0.25, 0.3) is 0 Å². The zero-order valence-electron chi connectivity index (χ0n) is 23.6. The van der Waals surface area contributed by atoms with Crippen molar-refractivity contribution in [2.24, 2.45) is 0 Å². The second-order valence-electron chi connectivity index (χ2n) is 3.33. The fraction of sp³-hybridized carbons (Fsp3) is 0.556. The van der Waals surface area contributed by atoms with Crippen molar-refractivity contribution in [3.05, 3.63) is 22.7 Å². The van der Waals surface area contributed by atoms with Crippen molar-refractivity contribution in [3.8, 4) is 0 Å². The zero-order chi connectivity index (χ0) is 26.0. The van der Waals surface area contributed by atoms with Crippen molar-refractivity contribution in [3.63, 3.8) is 0 Å². The molecule has 1 unspecified atom stereocenters. The molecule has 0 saturated carbocycles. The summed E-state index contributed by atoms with van der Waals surface area (Å²) in [6.07, 6.45) is -17.9. The minimum absolute atomic E-state index is 0. The Hall–Kier alpha value is -0.135. The average molecular weight is 347 g/mol. The van der Waals surface area contributed by atoms with Gasteiger partial charge in [-0.05, 0) is 6.04 Å². The maximum absolute atomic E-state index is 12.5. The van der Waals surface area contributed by atoms with E-state index in [0.717, 1.165) is 0 Å². The number of aliphatic hydroxyl groups is 2. The van der Waals surface area contributed by atoms with Crippen LogP contribution >= 0.6 is 7.82 Å². The molecular formula is C9H12Li2N3O8P. The molecule has 11 nitrogen and oxygen atoms in total. The van der Waals surface area contributed by atoms with E-state index >= 15 is 0 Å². The largest absolute Gasteiger partial charge is 1.00 e. The first-order chi connectivity index (χ1) is 14.7. The number of nitrogen functional groups attached to an aromatic ring is 1. The molecule has 1 aliphatic rings. The van der Waals surface area contributed by atoms with Crippen molar-refractivity contribution < 1.29 is 85.3 Å². The Bertz CT molecular complexity index is 1070. The predicted octanol–water partition coefficient (Wildman–Crippen LogP) is -9.70. The number of nitrogens with two attached hydrogens (primary N) is 1. The summed E-state index contributed by atoms with van der Waals surface area (Å²) in [5.41, 5.74) is -2.26. The molecule has 1 fully saturated rings. The number of hydrogen-bond acceptors (Lipinski definition) is 10. The molecular weight excluding hydrogens is 323 g/mol. The van der Waals surface area contributed by atoms with E-state index in [2.05, 4.69) is 24.5 Å². The number of aromatic nitrogens is 2. The van der Waals surface area contributed by atoms with Crippen LogP contribution in [0.1, 0.15) is 17.2 Å². The van der Waals surface area contributed by atoms with Gasteiger partial charge in [-0.25, -0.2) is 4.79 Å². The molecule has 2 heterocycles. The standard InChI is InChI=1S/C9H14N3O8P.2Li/c10-5-1-2-12(9(15)11-5)8-7(14)6(13)4(20-8)3-19-21(16,17)18;;/h1-2,4,6-8,13-14H,3H2,(H2,10,11,15)(H2,16,17,18);;/q;2*+1/p-2/t4-,6-,7?,8-;;/m1../s1/i1D,2D,3D2,4D,6D,7D,8D,13D,14D;;/hD2. The summed E-state index contributed by atoms with van der Waals surface area (Å²) in [4.78, 5) is 37.4. The van der Waals surface area contributed by atoms with Crippen molar-refractivity contribution in [1.29, 1.82) is 2.86 Å². The smallest absolute Gasteiger partial charge is 0.790 e. The first-order valence-corrected chi connectivity index (χ1v) is 6.26. The molecule has 1 aliphatic heterocycles. The SMILES string of the molecule is [2H]OC1([2H])[C@]([2H])(n2c([2H])c([2H])c(N([2H])[2H])nc2=O)O[C@]([2H])(C([2H])([2H])OP(=O)([O-])[O-])[C@@]1([2H])O[2H].[Li+].[Li+]. The molecule has 0 aliphatic carbocycles. The maximum Gasteiger partial charge on any atom is 1.00 e. The third kappa shape index (κ3) is 5.71. The van der Waals surface area contributed by atoms with Crippen LogP contribution in [0.3, 0.4) is 0 Å². The van der Waals surface area contributed by atoms with Crippen molar-refractivity contribution in [1.82, 2.24) is 9.55 Å². The van der Waals surface area contributed by atoms with E-state index in [9.17, 15) is 19.1 Å². The van der Waals surface area contributed by atoms with Gasteiger partial charge >= 0.3 is 43.4 Å². The molecule has 0 spiro atoms. The fourth-order valence-electron chi connectivity index (χ4n) is 1.16. The number of phosphoric acid groups is 1. The van der Waals surface area contributed by atoms with Gasteiger partial charge in [-0.2, -0.15) is 4.98 Å². The first kappa shape index (κ1) is 9.53. The molecule has 0 bridgehead atoms. The fourth-order valence-corrected chi connectivity index (χ4v) is 1.36.